The summed E-state index contributed by atoms with van der Waals surface area (Å²) in [6, 6.07) is 14.2. The number of isocyanates is 1. The van der Waals surface area contributed by atoms with Gasteiger partial charge in [-0.05, 0) is 38.1 Å². The lowest BCUT2D eigenvalue weighted by Crippen LogP contribution is -2.19. The Kier molecular flexibility index (Phi) is 6.38. The molecule has 0 spiro atoms. The summed E-state index contributed by atoms with van der Waals surface area (Å²) < 4.78 is 0. The van der Waals surface area contributed by atoms with Gasteiger partial charge in [-0.2, -0.15) is 4.99 Å². The number of nitrogens with zero attached hydrogens (tertiary/aromatic N) is 1. The largest absolute Gasteiger partial charge is 0.351 e. The number of nitrogens with two attached hydrogens (primary N) is 1. The van der Waals surface area contributed by atoms with Gasteiger partial charge in [0, 0.05) is 5.69 Å². The fourth-order valence-electron chi connectivity index (χ4n) is 1.45. The van der Waals surface area contributed by atoms with E-state index in [1.807, 2.05) is 38.1 Å². The average Bonchev–Trinajstić information content (AvgIpc) is 2.44. The van der Waals surface area contributed by atoms with E-state index in [0.717, 1.165) is 16.8 Å². The third-order valence-electron chi connectivity index (χ3n) is 2.53. The van der Waals surface area contributed by atoms with Gasteiger partial charge in [0.1, 0.15) is 0 Å². The fraction of sp³-hybridized carbons (Fsp3) is 0.125. The van der Waals surface area contributed by atoms with Gasteiger partial charge >= 0.3 is 6.03 Å². The van der Waals surface area contributed by atoms with Gasteiger partial charge in [-0.1, -0.05) is 35.4 Å². The topological polar surface area (TPSA) is 84.6 Å². The van der Waals surface area contributed by atoms with E-state index in [-0.39, 0.29) is 0 Å². The average molecular weight is 283 g/mol. The van der Waals surface area contributed by atoms with Crippen LogP contribution in [0.5, 0.6) is 0 Å². The van der Waals surface area contributed by atoms with Gasteiger partial charge in [0.2, 0.25) is 6.08 Å². The van der Waals surface area contributed by atoms with E-state index in [0.29, 0.717) is 5.69 Å². The third kappa shape index (κ3) is 6.71. The first-order chi connectivity index (χ1) is 10.0. The minimum Gasteiger partial charge on any atom is -0.351 e. The van der Waals surface area contributed by atoms with Crippen molar-refractivity contribution in [2.45, 2.75) is 13.8 Å². The molecule has 0 saturated heterocycles. The Bertz CT molecular complexity index is 628. The van der Waals surface area contributed by atoms with Crippen LogP contribution in [0.1, 0.15) is 11.1 Å². The summed E-state index contributed by atoms with van der Waals surface area (Å²) in [5, 5.41) is 2.47. The minimum absolute atomic E-state index is 0.533. The zero-order valence-corrected chi connectivity index (χ0v) is 12.0. The molecule has 0 aliphatic heterocycles. The normalized spacial score (nSPS) is 8.86. The molecular weight excluding hydrogens is 266 g/mol. The summed E-state index contributed by atoms with van der Waals surface area (Å²) in [4.78, 5) is 23.6. The Labute approximate surface area is 123 Å². The molecule has 0 atom stereocenters. The van der Waals surface area contributed by atoms with E-state index in [4.69, 9.17) is 5.73 Å². The second kappa shape index (κ2) is 8.30. The van der Waals surface area contributed by atoms with Crippen LogP contribution in [0.2, 0.25) is 0 Å². The van der Waals surface area contributed by atoms with Crippen molar-refractivity contribution in [3.05, 3.63) is 59.7 Å². The molecule has 0 aliphatic rings. The second-order valence-corrected chi connectivity index (χ2v) is 4.39. The maximum Gasteiger partial charge on any atom is 0.316 e. The fourth-order valence-corrected chi connectivity index (χ4v) is 1.45. The number of aliphatic imine (C=N–C) groups is 1. The highest BCUT2D eigenvalue weighted by molar-refractivity contribution is 5.87. The van der Waals surface area contributed by atoms with Gasteiger partial charge in [0.15, 0.2) is 0 Å². The lowest BCUT2D eigenvalue weighted by Gasteiger charge is -2.00. The lowest BCUT2D eigenvalue weighted by atomic mass is 10.2. The van der Waals surface area contributed by atoms with Crippen LogP contribution < -0.4 is 11.1 Å². The lowest BCUT2D eigenvalue weighted by molar-refractivity contribution is 0.259. The van der Waals surface area contributed by atoms with Gasteiger partial charge in [0.25, 0.3) is 0 Å². The smallest absolute Gasteiger partial charge is 0.316 e. The molecular formula is C16H17N3O2. The highest BCUT2D eigenvalue weighted by Crippen LogP contribution is 2.10. The molecule has 2 aromatic rings. The van der Waals surface area contributed by atoms with Crippen LogP contribution in [-0.2, 0) is 4.79 Å². The molecule has 108 valence electrons. The number of primary amides is 1. The van der Waals surface area contributed by atoms with Gasteiger partial charge in [-0.15, -0.1) is 0 Å². The summed E-state index contributed by atoms with van der Waals surface area (Å²) in [7, 11) is 0. The van der Waals surface area contributed by atoms with Crippen LogP contribution in [0.25, 0.3) is 0 Å². The zero-order chi connectivity index (χ0) is 15.7. The molecule has 0 bridgehead atoms. The first kappa shape index (κ1) is 16.1. The summed E-state index contributed by atoms with van der Waals surface area (Å²) in [5.74, 6) is 0. The molecule has 2 amide bonds. The third-order valence-corrected chi connectivity index (χ3v) is 2.53. The van der Waals surface area contributed by atoms with Gasteiger partial charge in [0.05, 0.1) is 5.69 Å². The number of urea groups is 1. The van der Waals surface area contributed by atoms with E-state index in [9.17, 15) is 9.59 Å². The first-order valence-corrected chi connectivity index (χ1v) is 6.29. The molecule has 5 heteroatoms. The van der Waals surface area contributed by atoms with Crippen molar-refractivity contribution in [3.8, 4) is 0 Å². The number of anilines is 1. The maximum atomic E-state index is 10.4. The molecule has 0 unspecified atom stereocenters. The van der Waals surface area contributed by atoms with Crippen LogP contribution in [-0.4, -0.2) is 12.1 Å². The Morgan fingerprint density at radius 2 is 1.48 bits per heavy atom. The first-order valence-electron chi connectivity index (χ1n) is 6.29. The molecule has 2 aromatic carbocycles. The Hall–Kier alpha value is -2.91. The quantitative estimate of drug-likeness (QED) is 0.653. The standard InChI is InChI=1S/C8H10N2O.C8H7NO/c1-6-2-4-7(5-3-6)10-8(9)11;1-7-2-4-8(5-3-7)9-6-10/h2-5H,1H3,(H3,9,10,11);2-5H,1H3. The molecule has 5 nitrogen and oxygen atoms in total. The van der Waals surface area contributed by atoms with E-state index < -0.39 is 6.03 Å². The van der Waals surface area contributed by atoms with Crippen LogP contribution >= 0.6 is 0 Å². The molecule has 0 heterocycles. The Morgan fingerprint density at radius 1 is 1.00 bits per heavy atom. The number of hydrogen-bond donors (Lipinski definition) is 2. The SMILES string of the molecule is Cc1ccc(N=C=O)cc1.Cc1ccc(NC(N)=O)cc1. The van der Waals surface area contributed by atoms with E-state index in [1.165, 1.54) is 6.08 Å². The molecule has 0 aliphatic carbocycles. The van der Waals surface area contributed by atoms with E-state index in [1.54, 1.807) is 24.3 Å². The van der Waals surface area contributed by atoms with Crippen molar-refractivity contribution in [3.63, 3.8) is 0 Å². The highest BCUT2D eigenvalue weighted by Gasteiger charge is 1.92. The monoisotopic (exact) mass is 283 g/mol. The van der Waals surface area contributed by atoms with E-state index in [2.05, 4.69) is 10.3 Å². The van der Waals surface area contributed by atoms with Gasteiger partial charge < -0.3 is 11.1 Å². The Balaban J connectivity index is 0.000000211. The molecule has 21 heavy (non-hydrogen) atoms. The van der Waals surface area contributed by atoms with Crippen LogP contribution in [0, 0.1) is 13.8 Å². The molecule has 0 radical (unpaired) electrons. The number of hydrogen-bond acceptors (Lipinski definition) is 3. The van der Waals surface area contributed by atoms with Crippen molar-refractivity contribution in [1.82, 2.24) is 0 Å². The molecule has 2 rings (SSSR count). The van der Waals surface area contributed by atoms with Crippen LogP contribution in [0.15, 0.2) is 53.5 Å². The highest BCUT2D eigenvalue weighted by atomic mass is 16.2. The number of carbonyl (C=O) groups is 1. The van der Waals surface area contributed by atoms with Crippen molar-refractivity contribution in [2.75, 3.05) is 5.32 Å². The zero-order valence-electron chi connectivity index (χ0n) is 12.0. The van der Waals surface area contributed by atoms with Gasteiger partial charge in [-0.3, -0.25) is 0 Å². The minimum atomic E-state index is -0.533. The molecule has 0 aromatic heterocycles. The number of rotatable bonds is 2. The summed E-state index contributed by atoms with van der Waals surface area (Å²) in [6.45, 7) is 3.96. The Morgan fingerprint density at radius 3 is 1.90 bits per heavy atom. The number of carbonyl (C=O) groups excluding carboxylic acids is 2. The summed E-state index contributed by atoms with van der Waals surface area (Å²) in [6.07, 6.45) is 1.48. The number of nitrogens with one attached hydrogen (secondary N) is 1. The van der Waals surface area contributed by atoms with Crippen LogP contribution in [0.4, 0.5) is 16.2 Å². The van der Waals surface area contributed by atoms with Gasteiger partial charge in [-0.25, -0.2) is 9.59 Å². The predicted octanol–water partition coefficient (Wildman–Crippen LogP) is 3.45. The van der Waals surface area contributed by atoms with Crippen LogP contribution in [0.3, 0.4) is 0 Å². The van der Waals surface area contributed by atoms with Crippen molar-refractivity contribution in [1.29, 1.82) is 0 Å². The molecule has 3 N–H and O–H groups in total. The second-order valence-electron chi connectivity index (χ2n) is 4.39. The molecule has 0 fully saturated rings. The number of aryl methyl sites for hydroxylation is 2. The van der Waals surface area contributed by atoms with E-state index >= 15 is 0 Å². The van der Waals surface area contributed by atoms with Crippen molar-refractivity contribution < 1.29 is 9.59 Å². The summed E-state index contributed by atoms with van der Waals surface area (Å²) >= 11 is 0. The van der Waals surface area contributed by atoms with Crippen molar-refractivity contribution >= 4 is 23.5 Å². The molecule has 0 saturated carbocycles. The number of benzene rings is 2. The maximum absolute atomic E-state index is 10.4. The van der Waals surface area contributed by atoms with Crippen molar-refractivity contribution in [2.24, 2.45) is 10.7 Å². The summed E-state index contributed by atoms with van der Waals surface area (Å²) in [5.41, 5.74) is 8.60. The predicted molar refractivity (Wildman–Crippen MR) is 83.3 cm³/mol. The number of amides is 2.